The molecule has 0 saturated carbocycles. The van der Waals surface area contributed by atoms with E-state index in [9.17, 15) is 4.39 Å². The molecule has 4 heteroatoms. The number of nitrogens with zero attached hydrogens (tertiary/aromatic N) is 1. The third-order valence-electron chi connectivity index (χ3n) is 4.30. The Morgan fingerprint density at radius 1 is 1.43 bits per heavy atom. The van der Waals surface area contributed by atoms with Crippen LogP contribution in [0.2, 0.25) is 0 Å². The van der Waals surface area contributed by atoms with E-state index >= 15 is 0 Å². The molecular formula is C17H27FN2O. The van der Waals surface area contributed by atoms with Crippen molar-refractivity contribution < 1.29 is 9.13 Å². The molecule has 1 aromatic rings. The average Bonchev–Trinajstić information content (AvgIpc) is 2.48. The molecule has 1 aromatic carbocycles. The predicted octanol–water partition coefficient (Wildman–Crippen LogP) is 2.82. The van der Waals surface area contributed by atoms with Crippen molar-refractivity contribution in [2.75, 3.05) is 33.4 Å². The molecule has 21 heavy (non-hydrogen) atoms. The summed E-state index contributed by atoms with van der Waals surface area (Å²) in [7, 11) is 2.11. The van der Waals surface area contributed by atoms with Crippen LogP contribution in [0.5, 0.6) is 0 Å². The normalized spacial score (nSPS) is 22.2. The van der Waals surface area contributed by atoms with Gasteiger partial charge in [-0.1, -0.05) is 25.1 Å². The molecule has 0 spiro atoms. The standard InChI is InChI=1S/C17H27FN2O/c1-13(17(19)15-7-3-4-8-16(15)18)10-20(2)11-14-6-5-9-21-12-14/h3-4,7-8,13-14,17H,5-6,9-12,19H2,1-2H3. The molecule has 1 heterocycles. The molecule has 1 fully saturated rings. The largest absolute Gasteiger partial charge is 0.381 e. The summed E-state index contributed by atoms with van der Waals surface area (Å²) in [4.78, 5) is 2.30. The molecule has 3 unspecified atom stereocenters. The fourth-order valence-corrected chi connectivity index (χ4v) is 3.12. The first-order valence-corrected chi connectivity index (χ1v) is 7.84. The Labute approximate surface area is 127 Å². The van der Waals surface area contributed by atoms with Crippen molar-refractivity contribution in [1.82, 2.24) is 4.90 Å². The highest BCUT2D eigenvalue weighted by Crippen LogP contribution is 2.23. The lowest BCUT2D eigenvalue weighted by molar-refractivity contribution is 0.0400. The van der Waals surface area contributed by atoms with Crippen molar-refractivity contribution in [3.8, 4) is 0 Å². The lowest BCUT2D eigenvalue weighted by Crippen LogP contribution is -2.36. The third kappa shape index (κ3) is 4.77. The van der Waals surface area contributed by atoms with E-state index in [1.807, 2.05) is 6.07 Å². The molecule has 0 aliphatic carbocycles. The summed E-state index contributed by atoms with van der Waals surface area (Å²) in [5.41, 5.74) is 6.84. The summed E-state index contributed by atoms with van der Waals surface area (Å²) >= 11 is 0. The lowest BCUT2D eigenvalue weighted by atomic mass is 9.94. The number of halogens is 1. The average molecular weight is 294 g/mol. The SMILES string of the molecule is CC(CN(C)CC1CCCOC1)C(N)c1ccccc1F. The molecule has 0 aromatic heterocycles. The highest BCUT2D eigenvalue weighted by atomic mass is 19.1. The Morgan fingerprint density at radius 3 is 2.86 bits per heavy atom. The van der Waals surface area contributed by atoms with Gasteiger partial charge < -0.3 is 15.4 Å². The fourth-order valence-electron chi connectivity index (χ4n) is 3.12. The van der Waals surface area contributed by atoms with E-state index in [0.29, 0.717) is 11.5 Å². The summed E-state index contributed by atoms with van der Waals surface area (Å²) in [6.45, 7) is 5.73. The number of hydrogen-bond acceptors (Lipinski definition) is 3. The summed E-state index contributed by atoms with van der Waals surface area (Å²) in [5, 5.41) is 0. The Hall–Kier alpha value is -0.970. The minimum absolute atomic E-state index is 0.205. The van der Waals surface area contributed by atoms with Gasteiger partial charge in [-0.15, -0.1) is 0 Å². The number of hydrogen-bond donors (Lipinski definition) is 1. The number of ether oxygens (including phenoxy) is 1. The molecule has 0 bridgehead atoms. The molecule has 2 N–H and O–H groups in total. The third-order valence-corrected chi connectivity index (χ3v) is 4.30. The van der Waals surface area contributed by atoms with Gasteiger partial charge in [0, 0.05) is 31.3 Å². The van der Waals surface area contributed by atoms with Crippen LogP contribution in [0.4, 0.5) is 4.39 Å². The summed E-state index contributed by atoms with van der Waals surface area (Å²) in [6, 6.07) is 6.53. The summed E-state index contributed by atoms with van der Waals surface area (Å²) in [6.07, 6.45) is 2.39. The van der Waals surface area contributed by atoms with Gasteiger partial charge in [-0.25, -0.2) is 4.39 Å². The van der Waals surface area contributed by atoms with Gasteiger partial charge in [-0.3, -0.25) is 0 Å². The molecule has 1 aliphatic heterocycles. The number of rotatable bonds is 6. The van der Waals surface area contributed by atoms with E-state index in [1.165, 1.54) is 12.5 Å². The van der Waals surface area contributed by atoms with Crippen molar-refractivity contribution in [2.45, 2.75) is 25.8 Å². The summed E-state index contributed by atoms with van der Waals surface area (Å²) in [5.74, 6) is 0.609. The van der Waals surface area contributed by atoms with Crippen molar-refractivity contribution in [3.63, 3.8) is 0 Å². The first-order chi connectivity index (χ1) is 10.1. The van der Waals surface area contributed by atoms with E-state index in [4.69, 9.17) is 10.5 Å². The maximum atomic E-state index is 13.8. The first-order valence-electron chi connectivity index (χ1n) is 7.84. The van der Waals surface area contributed by atoms with Crippen LogP contribution in [0.25, 0.3) is 0 Å². The van der Waals surface area contributed by atoms with Crippen molar-refractivity contribution in [3.05, 3.63) is 35.6 Å². The van der Waals surface area contributed by atoms with Gasteiger partial charge in [0.25, 0.3) is 0 Å². The molecular weight excluding hydrogens is 267 g/mol. The molecule has 3 atom stereocenters. The van der Waals surface area contributed by atoms with Crippen molar-refractivity contribution in [1.29, 1.82) is 0 Å². The first kappa shape index (κ1) is 16.4. The van der Waals surface area contributed by atoms with Crippen molar-refractivity contribution in [2.24, 2.45) is 17.6 Å². The van der Waals surface area contributed by atoms with E-state index in [2.05, 4.69) is 18.9 Å². The molecule has 1 saturated heterocycles. The minimum atomic E-state index is -0.267. The van der Waals surface area contributed by atoms with Crippen molar-refractivity contribution >= 4 is 0 Å². The molecule has 2 rings (SSSR count). The molecule has 118 valence electrons. The van der Waals surface area contributed by atoms with Gasteiger partial charge in [0.15, 0.2) is 0 Å². The quantitative estimate of drug-likeness (QED) is 0.877. The zero-order chi connectivity index (χ0) is 15.2. The number of benzene rings is 1. The van der Waals surface area contributed by atoms with Gasteiger partial charge in [-0.2, -0.15) is 0 Å². The minimum Gasteiger partial charge on any atom is -0.381 e. The van der Waals surface area contributed by atoms with Crippen LogP contribution < -0.4 is 5.73 Å². The maximum absolute atomic E-state index is 13.8. The van der Waals surface area contributed by atoms with Crippen LogP contribution in [0.3, 0.4) is 0 Å². The zero-order valence-electron chi connectivity index (χ0n) is 13.1. The summed E-state index contributed by atoms with van der Waals surface area (Å²) < 4.78 is 19.3. The van der Waals surface area contributed by atoms with Gasteiger partial charge >= 0.3 is 0 Å². The van der Waals surface area contributed by atoms with Gasteiger partial charge in [0.1, 0.15) is 5.82 Å². The van der Waals surface area contributed by atoms with E-state index in [-0.39, 0.29) is 17.8 Å². The van der Waals surface area contributed by atoms with Crippen LogP contribution in [-0.4, -0.2) is 38.3 Å². The van der Waals surface area contributed by atoms with E-state index in [1.54, 1.807) is 12.1 Å². The predicted molar refractivity (Wildman–Crippen MR) is 83.5 cm³/mol. The second kappa shape index (κ2) is 7.87. The lowest BCUT2D eigenvalue weighted by Gasteiger charge is -2.30. The maximum Gasteiger partial charge on any atom is 0.127 e. The van der Waals surface area contributed by atoms with E-state index < -0.39 is 0 Å². The fraction of sp³-hybridized carbons (Fsp3) is 0.647. The highest BCUT2D eigenvalue weighted by molar-refractivity contribution is 5.21. The smallest absolute Gasteiger partial charge is 0.127 e. The molecule has 0 radical (unpaired) electrons. The Bertz CT molecular complexity index is 435. The second-order valence-electron chi connectivity index (χ2n) is 6.33. The van der Waals surface area contributed by atoms with Gasteiger partial charge in [-0.05, 0) is 37.8 Å². The van der Waals surface area contributed by atoms with Gasteiger partial charge in [0.05, 0.1) is 6.61 Å². The van der Waals surface area contributed by atoms with Crippen LogP contribution in [0, 0.1) is 17.7 Å². The Balaban J connectivity index is 1.85. The van der Waals surface area contributed by atoms with Crippen LogP contribution in [0.1, 0.15) is 31.4 Å². The molecule has 0 amide bonds. The second-order valence-corrected chi connectivity index (χ2v) is 6.33. The molecule has 3 nitrogen and oxygen atoms in total. The number of nitrogens with two attached hydrogens (primary N) is 1. The Kier molecular flexibility index (Phi) is 6.15. The Morgan fingerprint density at radius 2 is 2.19 bits per heavy atom. The van der Waals surface area contributed by atoms with Gasteiger partial charge in [0.2, 0.25) is 0 Å². The van der Waals surface area contributed by atoms with E-state index in [0.717, 1.165) is 32.7 Å². The highest BCUT2D eigenvalue weighted by Gasteiger charge is 2.21. The van der Waals surface area contributed by atoms with Crippen LogP contribution >= 0.6 is 0 Å². The molecule has 1 aliphatic rings. The van der Waals surface area contributed by atoms with Crippen LogP contribution in [0.15, 0.2) is 24.3 Å². The topological polar surface area (TPSA) is 38.5 Å². The zero-order valence-corrected chi connectivity index (χ0v) is 13.1. The van der Waals surface area contributed by atoms with Crippen LogP contribution in [-0.2, 0) is 4.74 Å². The monoisotopic (exact) mass is 294 g/mol.